The summed E-state index contributed by atoms with van der Waals surface area (Å²) in [7, 11) is 3.43. The Labute approximate surface area is 128 Å². The molecule has 1 aromatic carbocycles. The summed E-state index contributed by atoms with van der Waals surface area (Å²) < 4.78 is 16.7. The normalized spacial score (nSPS) is 13.2. The van der Waals surface area contributed by atoms with Gasteiger partial charge in [-0.1, -0.05) is 25.1 Å². The number of methoxy groups -OCH3 is 2. The Kier molecular flexibility index (Phi) is 7.72. The van der Waals surface area contributed by atoms with E-state index in [9.17, 15) is 0 Å². The summed E-state index contributed by atoms with van der Waals surface area (Å²) in [6.45, 7) is 8.41. The molecular weight excluding hydrogens is 266 g/mol. The average Bonchev–Trinajstić information content (AvgIpc) is 2.50. The van der Waals surface area contributed by atoms with Crippen molar-refractivity contribution in [1.29, 1.82) is 0 Å². The van der Waals surface area contributed by atoms with Gasteiger partial charge >= 0.3 is 0 Å². The summed E-state index contributed by atoms with van der Waals surface area (Å²) in [5.74, 6) is 0.893. The van der Waals surface area contributed by atoms with Crippen molar-refractivity contribution in [2.45, 2.75) is 38.8 Å². The van der Waals surface area contributed by atoms with Crippen molar-refractivity contribution < 1.29 is 14.2 Å². The molecule has 1 rings (SSSR count). The Hall–Kier alpha value is -1.10. The lowest BCUT2D eigenvalue weighted by Crippen LogP contribution is -2.28. The molecule has 0 saturated carbocycles. The number of para-hydroxylation sites is 1. The van der Waals surface area contributed by atoms with E-state index in [1.807, 2.05) is 18.2 Å². The molecule has 1 aromatic rings. The lowest BCUT2D eigenvalue weighted by molar-refractivity contribution is -0.0124. The van der Waals surface area contributed by atoms with Crippen molar-refractivity contribution in [3.05, 3.63) is 29.8 Å². The first-order valence-corrected chi connectivity index (χ1v) is 7.53. The van der Waals surface area contributed by atoms with Crippen LogP contribution in [0.3, 0.4) is 0 Å². The van der Waals surface area contributed by atoms with Gasteiger partial charge in [-0.15, -0.1) is 0 Å². The molecule has 0 aliphatic carbocycles. The summed E-state index contributed by atoms with van der Waals surface area (Å²) in [5, 5.41) is 3.45. The fraction of sp³-hybridized carbons (Fsp3) is 0.647. The largest absolute Gasteiger partial charge is 0.496 e. The van der Waals surface area contributed by atoms with Crippen LogP contribution in [0.4, 0.5) is 0 Å². The standard InChI is InChI=1S/C17H29NO3/c1-6-18-15(13-21-12-11-17(2,3)20-5)14-9-7-8-10-16(14)19-4/h7-10,15,18H,6,11-13H2,1-5H3. The Morgan fingerprint density at radius 3 is 2.52 bits per heavy atom. The number of ether oxygens (including phenoxy) is 3. The number of rotatable bonds is 10. The topological polar surface area (TPSA) is 39.7 Å². The van der Waals surface area contributed by atoms with Crippen molar-refractivity contribution in [3.8, 4) is 5.75 Å². The molecule has 0 saturated heterocycles. The van der Waals surface area contributed by atoms with Crippen molar-refractivity contribution in [2.24, 2.45) is 0 Å². The van der Waals surface area contributed by atoms with Gasteiger partial charge in [0, 0.05) is 19.3 Å². The van der Waals surface area contributed by atoms with Crippen molar-refractivity contribution in [1.82, 2.24) is 5.32 Å². The molecule has 1 N–H and O–H groups in total. The van der Waals surface area contributed by atoms with Gasteiger partial charge in [0.2, 0.25) is 0 Å². The highest BCUT2D eigenvalue weighted by molar-refractivity contribution is 5.35. The van der Waals surface area contributed by atoms with Crippen molar-refractivity contribution in [3.63, 3.8) is 0 Å². The van der Waals surface area contributed by atoms with E-state index in [2.05, 4.69) is 32.2 Å². The number of hydrogen-bond acceptors (Lipinski definition) is 4. The molecule has 0 aliphatic heterocycles. The SMILES string of the molecule is CCNC(COCCC(C)(C)OC)c1ccccc1OC. The Balaban J connectivity index is 2.58. The third-order valence-electron chi connectivity index (χ3n) is 3.65. The summed E-state index contributed by atoms with van der Waals surface area (Å²) in [6.07, 6.45) is 0.869. The quantitative estimate of drug-likeness (QED) is 0.673. The molecule has 0 bridgehead atoms. The first-order chi connectivity index (χ1) is 10.0. The van der Waals surface area contributed by atoms with E-state index < -0.39 is 0 Å². The number of hydrogen-bond donors (Lipinski definition) is 1. The van der Waals surface area contributed by atoms with Gasteiger partial charge in [-0.3, -0.25) is 0 Å². The highest BCUT2D eigenvalue weighted by Gasteiger charge is 2.18. The van der Waals surface area contributed by atoms with Gasteiger partial charge in [-0.05, 0) is 32.9 Å². The summed E-state index contributed by atoms with van der Waals surface area (Å²) >= 11 is 0. The lowest BCUT2D eigenvalue weighted by Gasteiger charge is -2.24. The highest BCUT2D eigenvalue weighted by Crippen LogP contribution is 2.25. The minimum absolute atomic E-state index is 0.136. The second-order valence-corrected chi connectivity index (χ2v) is 5.64. The number of nitrogens with one attached hydrogen (secondary N) is 1. The van der Waals surface area contributed by atoms with Crippen molar-refractivity contribution >= 4 is 0 Å². The maximum atomic E-state index is 5.84. The second kappa shape index (κ2) is 9.03. The maximum absolute atomic E-state index is 5.84. The zero-order chi connectivity index (χ0) is 15.7. The van der Waals surface area contributed by atoms with Crippen LogP contribution in [0, 0.1) is 0 Å². The molecule has 4 nitrogen and oxygen atoms in total. The third-order valence-corrected chi connectivity index (χ3v) is 3.65. The van der Waals surface area contributed by atoms with Crippen molar-refractivity contribution in [2.75, 3.05) is 34.0 Å². The zero-order valence-electron chi connectivity index (χ0n) is 13.9. The zero-order valence-corrected chi connectivity index (χ0v) is 13.9. The van der Waals surface area contributed by atoms with Crippen LogP contribution < -0.4 is 10.1 Å². The number of likely N-dealkylation sites (N-methyl/N-ethyl adjacent to an activating group) is 1. The fourth-order valence-electron chi connectivity index (χ4n) is 2.08. The summed E-state index contributed by atoms with van der Waals surface area (Å²) in [4.78, 5) is 0. The molecule has 0 aliphatic rings. The molecule has 1 atom stereocenters. The summed E-state index contributed by atoms with van der Waals surface area (Å²) in [5.41, 5.74) is 0.992. The molecule has 0 radical (unpaired) electrons. The van der Waals surface area contributed by atoms with E-state index >= 15 is 0 Å². The van der Waals surface area contributed by atoms with E-state index in [1.165, 1.54) is 0 Å². The first-order valence-electron chi connectivity index (χ1n) is 7.53. The molecule has 120 valence electrons. The fourth-order valence-corrected chi connectivity index (χ4v) is 2.08. The molecule has 0 heterocycles. The van der Waals surface area contributed by atoms with Gasteiger partial charge in [-0.25, -0.2) is 0 Å². The van der Waals surface area contributed by atoms with Gasteiger partial charge in [-0.2, -0.15) is 0 Å². The molecule has 4 heteroatoms. The van der Waals surface area contributed by atoms with Crippen LogP contribution in [0.25, 0.3) is 0 Å². The smallest absolute Gasteiger partial charge is 0.123 e. The van der Waals surface area contributed by atoms with Gasteiger partial charge < -0.3 is 19.5 Å². The first kappa shape index (κ1) is 18.0. The predicted molar refractivity (Wildman–Crippen MR) is 85.9 cm³/mol. The third kappa shape index (κ3) is 6.04. The van der Waals surface area contributed by atoms with Crippen LogP contribution in [-0.4, -0.2) is 39.6 Å². The predicted octanol–water partition coefficient (Wildman–Crippen LogP) is 3.18. The van der Waals surface area contributed by atoms with E-state index in [4.69, 9.17) is 14.2 Å². The average molecular weight is 295 g/mol. The van der Waals surface area contributed by atoms with Crippen LogP contribution in [0.15, 0.2) is 24.3 Å². The van der Waals surface area contributed by atoms with E-state index in [0.29, 0.717) is 13.2 Å². The van der Waals surface area contributed by atoms with Crippen LogP contribution in [0.1, 0.15) is 38.8 Å². The monoisotopic (exact) mass is 295 g/mol. The van der Waals surface area contributed by atoms with Gasteiger partial charge in [0.05, 0.1) is 25.4 Å². The van der Waals surface area contributed by atoms with Crippen LogP contribution in [0.2, 0.25) is 0 Å². The van der Waals surface area contributed by atoms with Gasteiger partial charge in [0.1, 0.15) is 5.75 Å². The Morgan fingerprint density at radius 2 is 1.90 bits per heavy atom. The molecule has 0 spiro atoms. The minimum atomic E-state index is -0.141. The molecular formula is C17H29NO3. The van der Waals surface area contributed by atoms with E-state index in [1.54, 1.807) is 14.2 Å². The number of benzene rings is 1. The molecule has 0 amide bonds. The van der Waals surface area contributed by atoms with E-state index in [0.717, 1.165) is 24.3 Å². The highest BCUT2D eigenvalue weighted by atomic mass is 16.5. The van der Waals surface area contributed by atoms with Crippen LogP contribution in [-0.2, 0) is 9.47 Å². The molecule has 0 aromatic heterocycles. The van der Waals surface area contributed by atoms with Gasteiger partial charge in [0.15, 0.2) is 0 Å². The van der Waals surface area contributed by atoms with Gasteiger partial charge in [0.25, 0.3) is 0 Å². The Morgan fingerprint density at radius 1 is 1.19 bits per heavy atom. The molecule has 1 unspecified atom stereocenters. The van der Waals surface area contributed by atoms with Crippen LogP contribution >= 0.6 is 0 Å². The minimum Gasteiger partial charge on any atom is -0.496 e. The molecule has 21 heavy (non-hydrogen) atoms. The molecule has 0 fully saturated rings. The Bertz CT molecular complexity index is 407. The summed E-state index contributed by atoms with van der Waals surface area (Å²) in [6, 6.07) is 8.20. The lowest BCUT2D eigenvalue weighted by atomic mass is 10.1. The maximum Gasteiger partial charge on any atom is 0.123 e. The van der Waals surface area contributed by atoms with E-state index in [-0.39, 0.29) is 11.6 Å². The van der Waals surface area contributed by atoms with Crippen LogP contribution in [0.5, 0.6) is 5.75 Å². The second-order valence-electron chi connectivity index (χ2n) is 5.64.